The Morgan fingerprint density at radius 2 is 2.42 bits per heavy atom. The molecule has 5 heteroatoms. The van der Waals surface area contributed by atoms with Crippen LogP contribution < -0.4 is 0 Å². The maximum atomic E-state index is 5.89. The Kier molecular flexibility index (Phi) is 3.71. The smallest absolute Gasteiger partial charge is 0.111 e. The lowest BCUT2D eigenvalue weighted by Crippen LogP contribution is -2.19. The molecule has 19 heavy (non-hydrogen) atoms. The second-order valence-electron chi connectivity index (χ2n) is 5.07. The van der Waals surface area contributed by atoms with E-state index in [4.69, 9.17) is 16.3 Å². The van der Waals surface area contributed by atoms with E-state index in [1.165, 1.54) is 0 Å². The number of fused-ring (bicyclic) bond motifs is 1. The van der Waals surface area contributed by atoms with Crippen molar-refractivity contribution in [2.45, 2.75) is 32.4 Å². The number of imidazole rings is 1. The summed E-state index contributed by atoms with van der Waals surface area (Å²) in [6.45, 7) is 3.97. The molecule has 4 nitrogen and oxygen atoms in total. The van der Waals surface area contributed by atoms with Crippen LogP contribution in [0.3, 0.4) is 0 Å². The Hall–Kier alpha value is -1.13. The van der Waals surface area contributed by atoms with Crippen LogP contribution in [0.5, 0.6) is 0 Å². The SMILES string of the molecule is CC1OCCC1Cn1c(CCCl)nc2cnccc21. The van der Waals surface area contributed by atoms with Gasteiger partial charge in [-0.1, -0.05) is 0 Å². The van der Waals surface area contributed by atoms with E-state index in [9.17, 15) is 0 Å². The lowest BCUT2D eigenvalue weighted by molar-refractivity contribution is 0.102. The first-order valence-corrected chi connectivity index (χ1v) is 7.29. The number of aryl methyl sites for hydroxylation is 1. The van der Waals surface area contributed by atoms with Gasteiger partial charge in [-0.2, -0.15) is 0 Å². The lowest BCUT2D eigenvalue weighted by Gasteiger charge is -2.17. The Morgan fingerprint density at radius 1 is 1.53 bits per heavy atom. The van der Waals surface area contributed by atoms with Crippen molar-refractivity contribution in [2.75, 3.05) is 12.5 Å². The van der Waals surface area contributed by atoms with Crippen LogP contribution in [0.25, 0.3) is 11.0 Å². The van der Waals surface area contributed by atoms with Crippen molar-refractivity contribution in [3.63, 3.8) is 0 Å². The minimum absolute atomic E-state index is 0.322. The summed E-state index contributed by atoms with van der Waals surface area (Å²) in [7, 11) is 0. The van der Waals surface area contributed by atoms with Gasteiger partial charge in [0.2, 0.25) is 0 Å². The van der Waals surface area contributed by atoms with Crippen molar-refractivity contribution in [3.05, 3.63) is 24.3 Å². The van der Waals surface area contributed by atoms with Crippen LogP contribution in [0, 0.1) is 5.92 Å². The molecule has 0 aromatic carbocycles. The van der Waals surface area contributed by atoms with E-state index >= 15 is 0 Å². The highest BCUT2D eigenvalue weighted by molar-refractivity contribution is 6.17. The number of hydrogen-bond acceptors (Lipinski definition) is 3. The molecule has 0 aliphatic carbocycles. The van der Waals surface area contributed by atoms with E-state index in [0.29, 0.717) is 17.9 Å². The van der Waals surface area contributed by atoms with E-state index in [-0.39, 0.29) is 0 Å². The third-order valence-electron chi connectivity index (χ3n) is 3.90. The monoisotopic (exact) mass is 279 g/mol. The van der Waals surface area contributed by atoms with Gasteiger partial charge in [0.25, 0.3) is 0 Å². The summed E-state index contributed by atoms with van der Waals surface area (Å²) in [5, 5.41) is 0. The summed E-state index contributed by atoms with van der Waals surface area (Å²) in [6.07, 6.45) is 5.87. The summed E-state index contributed by atoms with van der Waals surface area (Å²) in [4.78, 5) is 8.79. The number of aromatic nitrogens is 3. The van der Waals surface area contributed by atoms with Gasteiger partial charge in [0.1, 0.15) is 11.3 Å². The topological polar surface area (TPSA) is 39.9 Å². The van der Waals surface area contributed by atoms with Crippen molar-refractivity contribution in [1.82, 2.24) is 14.5 Å². The van der Waals surface area contributed by atoms with E-state index in [1.807, 2.05) is 18.5 Å². The molecule has 0 radical (unpaired) electrons. The summed E-state index contributed by atoms with van der Waals surface area (Å²) in [5.41, 5.74) is 2.10. The third kappa shape index (κ3) is 2.47. The number of ether oxygens (including phenoxy) is 1. The van der Waals surface area contributed by atoms with Gasteiger partial charge in [0.15, 0.2) is 0 Å². The standard InChI is InChI=1S/C14H18ClN3O/c1-10-11(4-7-19-10)9-18-13-3-6-16-8-12(13)17-14(18)2-5-15/h3,6,8,10-11H,2,4-5,7,9H2,1H3. The first-order chi connectivity index (χ1) is 9.29. The van der Waals surface area contributed by atoms with Gasteiger partial charge in [-0.3, -0.25) is 4.98 Å². The number of halogens is 1. The second kappa shape index (κ2) is 5.47. The second-order valence-corrected chi connectivity index (χ2v) is 5.44. The van der Waals surface area contributed by atoms with Crippen LogP contribution in [-0.2, 0) is 17.7 Å². The minimum atomic E-state index is 0.322. The fourth-order valence-corrected chi connectivity index (χ4v) is 2.93. The highest BCUT2D eigenvalue weighted by Crippen LogP contribution is 2.25. The van der Waals surface area contributed by atoms with Gasteiger partial charge in [-0.15, -0.1) is 11.6 Å². The van der Waals surface area contributed by atoms with Crippen molar-refractivity contribution < 1.29 is 4.74 Å². The van der Waals surface area contributed by atoms with Crippen LogP contribution in [0.2, 0.25) is 0 Å². The predicted octanol–water partition coefficient (Wildman–Crippen LogP) is 2.64. The van der Waals surface area contributed by atoms with Crippen molar-refractivity contribution >= 4 is 22.6 Å². The fraction of sp³-hybridized carbons (Fsp3) is 0.571. The largest absolute Gasteiger partial charge is 0.378 e. The Balaban J connectivity index is 1.97. The molecule has 0 spiro atoms. The molecule has 0 saturated carbocycles. The molecule has 2 aromatic rings. The van der Waals surface area contributed by atoms with E-state index in [1.54, 1.807) is 0 Å². The van der Waals surface area contributed by atoms with Crippen LogP contribution in [0.15, 0.2) is 18.5 Å². The van der Waals surface area contributed by atoms with Crippen molar-refractivity contribution in [2.24, 2.45) is 5.92 Å². The molecule has 3 heterocycles. The number of alkyl halides is 1. The van der Waals surface area contributed by atoms with Gasteiger partial charge in [0.05, 0.1) is 17.8 Å². The van der Waals surface area contributed by atoms with Crippen LogP contribution >= 0.6 is 11.6 Å². The fourth-order valence-electron chi connectivity index (χ4n) is 2.76. The van der Waals surface area contributed by atoms with Crippen molar-refractivity contribution in [1.29, 1.82) is 0 Å². The van der Waals surface area contributed by atoms with Gasteiger partial charge >= 0.3 is 0 Å². The van der Waals surface area contributed by atoms with Gasteiger partial charge < -0.3 is 9.30 Å². The normalized spacial score (nSPS) is 23.3. The van der Waals surface area contributed by atoms with Crippen molar-refractivity contribution in [3.8, 4) is 0 Å². The maximum absolute atomic E-state index is 5.89. The van der Waals surface area contributed by atoms with Crippen LogP contribution in [0.1, 0.15) is 19.2 Å². The molecule has 1 saturated heterocycles. The summed E-state index contributed by atoms with van der Waals surface area (Å²) in [5.74, 6) is 2.20. The van der Waals surface area contributed by atoms with E-state index < -0.39 is 0 Å². The average Bonchev–Trinajstić information content (AvgIpc) is 2.96. The highest BCUT2D eigenvalue weighted by atomic mass is 35.5. The lowest BCUT2D eigenvalue weighted by atomic mass is 10.0. The molecule has 2 unspecified atom stereocenters. The molecule has 1 aliphatic rings. The third-order valence-corrected chi connectivity index (χ3v) is 4.09. The molecule has 0 bridgehead atoms. The molecule has 0 N–H and O–H groups in total. The molecule has 1 aliphatic heterocycles. The quantitative estimate of drug-likeness (QED) is 0.808. The molecule has 2 aromatic heterocycles. The zero-order valence-corrected chi connectivity index (χ0v) is 11.8. The summed E-state index contributed by atoms with van der Waals surface area (Å²) >= 11 is 5.89. The van der Waals surface area contributed by atoms with E-state index in [2.05, 4.69) is 21.5 Å². The molecule has 102 valence electrons. The zero-order valence-electron chi connectivity index (χ0n) is 11.1. The molecule has 3 rings (SSSR count). The molecular weight excluding hydrogens is 262 g/mol. The number of pyridine rings is 1. The predicted molar refractivity (Wildman–Crippen MR) is 75.5 cm³/mol. The maximum Gasteiger partial charge on any atom is 0.111 e. The number of rotatable bonds is 4. The summed E-state index contributed by atoms with van der Waals surface area (Å²) in [6, 6.07) is 2.03. The van der Waals surface area contributed by atoms with Crippen LogP contribution in [-0.4, -0.2) is 33.1 Å². The van der Waals surface area contributed by atoms with Crippen LogP contribution in [0.4, 0.5) is 0 Å². The average molecular weight is 280 g/mol. The van der Waals surface area contributed by atoms with Gasteiger partial charge in [0, 0.05) is 37.6 Å². The molecular formula is C14H18ClN3O. The van der Waals surface area contributed by atoms with Gasteiger partial charge in [-0.05, 0) is 19.4 Å². The zero-order chi connectivity index (χ0) is 13.2. The van der Waals surface area contributed by atoms with Gasteiger partial charge in [-0.25, -0.2) is 4.98 Å². The Labute approximate surface area is 117 Å². The first-order valence-electron chi connectivity index (χ1n) is 6.76. The number of nitrogens with zero attached hydrogens (tertiary/aromatic N) is 3. The Morgan fingerprint density at radius 3 is 3.16 bits per heavy atom. The summed E-state index contributed by atoms with van der Waals surface area (Å²) < 4.78 is 7.94. The minimum Gasteiger partial charge on any atom is -0.378 e. The van der Waals surface area contributed by atoms with E-state index in [0.717, 1.165) is 42.9 Å². The molecule has 2 atom stereocenters. The number of hydrogen-bond donors (Lipinski definition) is 0. The molecule has 0 amide bonds. The molecule has 1 fully saturated rings. The first kappa shape index (κ1) is 12.9. The Bertz CT molecular complexity index is 569. The highest BCUT2D eigenvalue weighted by Gasteiger charge is 2.26.